The first-order valence-electron chi connectivity index (χ1n) is 5.56. The van der Waals surface area contributed by atoms with E-state index < -0.39 is 34.1 Å². The van der Waals surface area contributed by atoms with Crippen molar-refractivity contribution in [2.75, 3.05) is 6.61 Å². The third-order valence-electron chi connectivity index (χ3n) is 2.47. The smallest absolute Gasteiger partial charge is 0.310 e. The lowest BCUT2D eigenvalue weighted by Gasteiger charge is -2.08. The molecular weight excluding hydrogens is 274 g/mol. The van der Waals surface area contributed by atoms with E-state index in [1.54, 1.807) is 6.92 Å². The van der Waals surface area contributed by atoms with Gasteiger partial charge in [0.1, 0.15) is 11.6 Å². The fraction of sp³-hybridized carbons (Fsp3) is 0.333. The minimum absolute atomic E-state index is 0.0120. The van der Waals surface area contributed by atoms with Crippen molar-refractivity contribution in [3.63, 3.8) is 0 Å². The molecule has 0 unspecified atom stereocenters. The Morgan fingerprint density at radius 1 is 1.55 bits per heavy atom. The Kier molecular flexibility index (Phi) is 5.08. The maximum Gasteiger partial charge on any atom is 0.310 e. The monoisotopic (exact) mass is 284 g/mol. The third kappa shape index (κ3) is 3.26. The van der Waals surface area contributed by atoms with Crippen molar-refractivity contribution in [3.8, 4) is 6.07 Å². The molecule has 0 N–H and O–H groups in total. The Morgan fingerprint density at radius 3 is 2.65 bits per heavy atom. The molecule has 20 heavy (non-hydrogen) atoms. The van der Waals surface area contributed by atoms with Crippen LogP contribution in [-0.4, -0.2) is 17.5 Å². The molecule has 0 saturated carbocycles. The van der Waals surface area contributed by atoms with E-state index in [4.69, 9.17) is 5.26 Å². The summed E-state index contributed by atoms with van der Waals surface area (Å²) >= 11 is 0. The molecular formula is C12H10F2N2O4. The number of hydrogen-bond acceptors (Lipinski definition) is 5. The Labute approximate surface area is 112 Å². The molecule has 0 saturated heterocycles. The van der Waals surface area contributed by atoms with Crippen LogP contribution in [0.4, 0.5) is 14.5 Å². The van der Waals surface area contributed by atoms with Crippen LogP contribution in [0.15, 0.2) is 12.1 Å². The number of nitro groups is 1. The summed E-state index contributed by atoms with van der Waals surface area (Å²) in [6.45, 7) is 1.68. The zero-order valence-electron chi connectivity index (χ0n) is 10.4. The number of esters is 1. The van der Waals surface area contributed by atoms with Gasteiger partial charge in [0, 0.05) is 0 Å². The van der Waals surface area contributed by atoms with Gasteiger partial charge in [-0.2, -0.15) is 5.26 Å². The number of carbonyl (C=O) groups excluding carboxylic acids is 1. The summed E-state index contributed by atoms with van der Waals surface area (Å²) in [6.07, 6.45) is -3.47. The molecule has 0 fully saturated rings. The first-order valence-corrected chi connectivity index (χ1v) is 5.56. The Balaban J connectivity index is 3.36. The molecule has 0 aromatic heterocycles. The predicted octanol–water partition coefficient (Wildman–Crippen LogP) is 2.51. The molecule has 0 amide bonds. The standard InChI is InChI=1S/C12H10F2N2O4/c1-2-20-10(17)5-7-3-4-8(12(13)14)11(16(18)19)9(7)6-15/h3-4,12H,2,5H2,1H3. The van der Waals surface area contributed by atoms with E-state index in [2.05, 4.69) is 4.74 Å². The summed E-state index contributed by atoms with van der Waals surface area (Å²) in [5, 5.41) is 19.8. The van der Waals surface area contributed by atoms with Crippen molar-refractivity contribution in [2.45, 2.75) is 19.8 Å². The van der Waals surface area contributed by atoms with Crippen LogP contribution in [-0.2, 0) is 16.0 Å². The second-order valence-corrected chi connectivity index (χ2v) is 3.69. The summed E-state index contributed by atoms with van der Waals surface area (Å²) < 4.78 is 30.1. The van der Waals surface area contributed by atoms with Crippen molar-refractivity contribution in [1.29, 1.82) is 5.26 Å². The number of halogens is 2. The molecule has 0 bridgehead atoms. The molecule has 0 radical (unpaired) electrons. The highest BCUT2D eigenvalue weighted by molar-refractivity contribution is 5.75. The average molecular weight is 284 g/mol. The number of carbonyl (C=O) groups is 1. The van der Waals surface area contributed by atoms with Crippen molar-refractivity contribution >= 4 is 11.7 Å². The van der Waals surface area contributed by atoms with E-state index in [-0.39, 0.29) is 18.6 Å². The highest BCUT2D eigenvalue weighted by Gasteiger charge is 2.28. The van der Waals surface area contributed by atoms with Crippen LogP contribution in [0.2, 0.25) is 0 Å². The lowest BCUT2D eigenvalue weighted by molar-refractivity contribution is -0.386. The number of rotatable bonds is 5. The molecule has 1 rings (SSSR count). The largest absolute Gasteiger partial charge is 0.466 e. The summed E-state index contributed by atoms with van der Waals surface area (Å²) in [7, 11) is 0. The molecule has 1 aromatic carbocycles. The normalized spacial score (nSPS) is 10.2. The Hall–Kier alpha value is -2.56. The topological polar surface area (TPSA) is 93.2 Å². The van der Waals surface area contributed by atoms with Gasteiger partial charge in [-0.3, -0.25) is 14.9 Å². The molecule has 0 atom stereocenters. The fourth-order valence-electron chi connectivity index (χ4n) is 1.66. The van der Waals surface area contributed by atoms with Gasteiger partial charge in [-0.1, -0.05) is 6.07 Å². The first-order chi connectivity index (χ1) is 9.42. The van der Waals surface area contributed by atoms with E-state index in [0.717, 1.165) is 12.1 Å². The van der Waals surface area contributed by atoms with Crippen LogP contribution < -0.4 is 0 Å². The molecule has 106 valence electrons. The molecule has 0 aliphatic carbocycles. The molecule has 0 spiro atoms. The van der Waals surface area contributed by atoms with Gasteiger partial charge >= 0.3 is 5.97 Å². The number of nitro benzene ring substituents is 1. The van der Waals surface area contributed by atoms with Gasteiger partial charge in [-0.15, -0.1) is 0 Å². The zero-order valence-corrected chi connectivity index (χ0v) is 10.4. The van der Waals surface area contributed by atoms with Gasteiger partial charge in [-0.05, 0) is 18.6 Å². The Morgan fingerprint density at radius 2 is 2.20 bits per heavy atom. The molecule has 0 heterocycles. The van der Waals surface area contributed by atoms with Gasteiger partial charge in [0.15, 0.2) is 0 Å². The number of hydrogen-bond donors (Lipinski definition) is 0. The van der Waals surface area contributed by atoms with Crippen LogP contribution in [0.1, 0.15) is 30.0 Å². The zero-order chi connectivity index (χ0) is 15.3. The van der Waals surface area contributed by atoms with Crippen LogP contribution >= 0.6 is 0 Å². The highest BCUT2D eigenvalue weighted by atomic mass is 19.3. The number of nitriles is 1. The van der Waals surface area contributed by atoms with Crippen LogP contribution in [0.25, 0.3) is 0 Å². The maximum absolute atomic E-state index is 12.7. The second kappa shape index (κ2) is 6.56. The number of benzene rings is 1. The van der Waals surface area contributed by atoms with Crippen molar-refractivity contribution in [1.82, 2.24) is 0 Å². The summed E-state index contributed by atoms with van der Waals surface area (Å²) in [6, 6.07) is 3.45. The van der Waals surface area contributed by atoms with Crippen molar-refractivity contribution < 1.29 is 23.2 Å². The van der Waals surface area contributed by atoms with Gasteiger partial charge < -0.3 is 4.74 Å². The first kappa shape index (κ1) is 15.5. The molecule has 0 aliphatic heterocycles. The van der Waals surface area contributed by atoms with E-state index >= 15 is 0 Å². The van der Waals surface area contributed by atoms with Crippen molar-refractivity contribution in [2.24, 2.45) is 0 Å². The van der Waals surface area contributed by atoms with Gasteiger partial charge in [0.05, 0.1) is 23.5 Å². The Bertz CT molecular complexity index is 582. The summed E-state index contributed by atoms with van der Waals surface area (Å²) in [5.74, 6) is -0.692. The van der Waals surface area contributed by atoms with E-state index in [0.29, 0.717) is 0 Å². The molecule has 8 heteroatoms. The van der Waals surface area contributed by atoms with Gasteiger partial charge in [-0.25, -0.2) is 8.78 Å². The van der Waals surface area contributed by atoms with Crippen LogP contribution in [0.3, 0.4) is 0 Å². The predicted molar refractivity (Wildman–Crippen MR) is 63.1 cm³/mol. The van der Waals surface area contributed by atoms with E-state index in [9.17, 15) is 23.7 Å². The van der Waals surface area contributed by atoms with Gasteiger partial charge in [0.25, 0.3) is 12.1 Å². The minimum Gasteiger partial charge on any atom is -0.466 e. The lowest BCUT2D eigenvalue weighted by atomic mass is 9.99. The average Bonchev–Trinajstić information content (AvgIpc) is 2.37. The second-order valence-electron chi connectivity index (χ2n) is 3.69. The van der Waals surface area contributed by atoms with Crippen LogP contribution in [0.5, 0.6) is 0 Å². The number of alkyl halides is 2. The van der Waals surface area contributed by atoms with E-state index in [1.807, 2.05) is 0 Å². The number of ether oxygens (including phenoxy) is 1. The molecule has 1 aromatic rings. The fourth-order valence-corrected chi connectivity index (χ4v) is 1.66. The van der Waals surface area contributed by atoms with Gasteiger partial charge in [0.2, 0.25) is 0 Å². The van der Waals surface area contributed by atoms with E-state index in [1.165, 1.54) is 6.07 Å². The quantitative estimate of drug-likeness (QED) is 0.470. The summed E-state index contributed by atoms with van der Waals surface area (Å²) in [5.41, 5.74) is -2.37. The highest BCUT2D eigenvalue weighted by Crippen LogP contribution is 2.33. The number of nitrogens with zero attached hydrogens (tertiary/aromatic N) is 2. The molecule has 0 aliphatic rings. The lowest BCUT2D eigenvalue weighted by Crippen LogP contribution is -2.10. The third-order valence-corrected chi connectivity index (χ3v) is 2.47. The van der Waals surface area contributed by atoms with Crippen LogP contribution in [0, 0.1) is 21.4 Å². The molecule has 6 nitrogen and oxygen atoms in total. The SMILES string of the molecule is CCOC(=O)Cc1ccc(C(F)F)c([N+](=O)[O-])c1C#N. The summed E-state index contributed by atoms with van der Waals surface area (Å²) in [4.78, 5) is 21.2. The maximum atomic E-state index is 12.7. The van der Waals surface area contributed by atoms with Crippen molar-refractivity contribution in [3.05, 3.63) is 38.9 Å². The minimum atomic E-state index is -3.08.